The van der Waals surface area contributed by atoms with Crippen molar-refractivity contribution in [2.75, 3.05) is 6.26 Å². The molecule has 0 aliphatic carbocycles. The van der Waals surface area contributed by atoms with Crippen LogP contribution in [0.2, 0.25) is 0 Å². The molecule has 27 heavy (non-hydrogen) atoms. The Balaban J connectivity index is 2.32. The third kappa shape index (κ3) is 5.58. The lowest BCUT2D eigenvalue weighted by molar-refractivity contribution is 0.575. The summed E-state index contributed by atoms with van der Waals surface area (Å²) in [7, 11) is -3.36. The molecule has 0 radical (unpaired) electrons. The largest absolute Gasteiger partial charge is 0.322 e. The van der Waals surface area contributed by atoms with Crippen LogP contribution in [-0.2, 0) is 16.3 Å². The van der Waals surface area contributed by atoms with E-state index in [1.54, 1.807) is 12.1 Å². The molecule has 1 aromatic heterocycles. The van der Waals surface area contributed by atoms with Gasteiger partial charge in [-0.1, -0.05) is 5.92 Å². The number of rotatable bonds is 4. The van der Waals surface area contributed by atoms with Gasteiger partial charge in [0.15, 0.2) is 9.84 Å². The van der Waals surface area contributed by atoms with Crippen LogP contribution < -0.4 is 5.73 Å². The predicted molar refractivity (Wildman–Crippen MR) is 105 cm³/mol. The number of sulfone groups is 1. The maximum atomic E-state index is 13.4. The number of nitrogens with two attached hydrogens (primary N) is 1. The van der Waals surface area contributed by atoms with Gasteiger partial charge in [-0.15, -0.1) is 0 Å². The van der Waals surface area contributed by atoms with Crippen molar-refractivity contribution in [2.45, 2.75) is 31.1 Å². The molecule has 0 bridgehead atoms. The molecule has 1 heterocycles. The smallest absolute Gasteiger partial charge is 0.163 e. The summed E-state index contributed by atoms with van der Waals surface area (Å²) in [6.07, 6.45) is 1.29. The van der Waals surface area contributed by atoms with Crippen molar-refractivity contribution in [1.29, 1.82) is 0 Å². The standard InChI is InChI=1S/C19H19BrF2N2O2S/c1-19(2,27(3,25)26)7-6-15-4-5-16(20)18(24-15)17(23)10-12-8-13(21)11-14(22)9-12/h4-5,8-9,11,17H,10,23H2,1-3H3/t17-/m1/s1. The van der Waals surface area contributed by atoms with Crippen molar-refractivity contribution >= 4 is 25.8 Å². The molecular formula is C19H19BrF2N2O2S. The molecule has 2 aromatic rings. The number of hydrogen-bond donors (Lipinski definition) is 1. The van der Waals surface area contributed by atoms with E-state index in [2.05, 4.69) is 32.8 Å². The van der Waals surface area contributed by atoms with Crippen LogP contribution in [0.5, 0.6) is 0 Å². The van der Waals surface area contributed by atoms with Gasteiger partial charge in [0, 0.05) is 16.8 Å². The van der Waals surface area contributed by atoms with Gasteiger partial charge in [-0.05, 0) is 71.9 Å². The fourth-order valence-corrected chi connectivity index (χ4v) is 2.93. The Bertz CT molecular complexity index is 1010. The van der Waals surface area contributed by atoms with E-state index < -0.39 is 32.3 Å². The Morgan fingerprint density at radius 3 is 2.37 bits per heavy atom. The first-order valence-electron chi connectivity index (χ1n) is 7.99. The van der Waals surface area contributed by atoms with Crippen molar-refractivity contribution in [3.8, 4) is 11.8 Å². The summed E-state index contributed by atoms with van der Waals surface area (Å²) in [5, 5.41) is 0. The average Bonchev–Trinajstić information content (AvgIpc) is 2.51. The van der Waals surface area contributed by atoms with Crippen LogP contribution in [0.25, 0.3) is 0 Å². The molecule has 0 aliphatic heterocycles. The molecule has 2 rings (SSSR count). The van der Waals surface area contributed by atoms with E-state index >= 15 is 0 Å². The van der Waals surface area contributed by atoms with E-state index in [4.69, 9.17) is 5.73 Å². The summed E-state index contributed by atoms with van der Waals surface area (Å²) >= 11 is 3.36. The summed E-state index contributed by atoms with van der Waals surface area (Å²) in [6.45, 7) is 3.03. The zero-order valence-corrected chi connectivity index (χ0v) is 17.5. The van der Waals surface area contributed by atoms with Gasteiger partial charge in [-0.3, -0.25) is 0 Å². The minimum absolute atomic E-state index is 0.173. The number of halogens is 3. The molecule has 8 heteroatoms. The molecule has 144 valence electrons. The van der Waals surface area contributed by atoms with Gasteiger partial charge in [0.2, 0.25) is 0 Å². The molecule has 4 nitrogen and oxygen atoms in total. The number of aromatic nitrogens is 1. The van der Waals surface area contributed by atoms with Gasteiger partial charge >= 0.3 is 0 Å². The molecule has 0 unspecified atom stereocenters. The zero-order chi connectivity index (χ0) is 20.4. The van der Waals surface area contributed by atoms with Crippen LogP contribution in [0.1, 0.15) is 36.8 Å². The summed E-state index contributed by atoms with van der Waals surface area (Å²) in [5.74, 6) is 4.12. The lowest BCUT2D eigenvalue weighted by atomic mass is 10.0. The number of benzene rings is 1. The highest BCUT2D eigenvalue weighted by molar-refractivity contribution is 9.10. The number of pyridine rings is 1. The molecule has 1 atom stereocenters. The van der Waals surface area contributed by atoms with Crippen LogP contribution in [0.15, 0.2) is 34.8 Å². The van der Waals surface area contributed by atoms with E-state index in [0.717, 1.165) is 12.3 Å². The van der Waals surface area contributed by atoms with Crippen molar-refractivity contribution < 1.29 is 17.2 Å². The van der Waals surface area contributed by atoms with E-state index in [0.29, 0.717) is 21.4 Å². The molecule has 1 aromatic carbocycles. The molecule has 0 fully saturated rings. The second-order valence-corrected chi connectivity index (χ2v) is 10.1. The maximum absolute atomic E-state index is 13.4. The monoisotopic (exact) mass is 456 g/mol. The van der Waals surface area contributed by atoms with E-state index in [9.17, 15) is 17.2 Å². The number of nitrogens with zero attached hydrogens (tertiary/aromatic N) is 1. The van der Waals surface area contributed by atoms with E-state index in [1.807, 2.05) is 0 Å². The van der Waals surface area contributed by atoms with Crippen LogP contribution in [0.3, 0.4) is 0 Å². The van der Waals surface area contributed by atoms with Gasteiger partial charge in [0.25, 0.3) is 0 Å². The summed E-state index contributed by atoms with van der Waals surface area (Å²) in [4.78, 5) is 4.37. The molecular weight excluding hydrogens is 438 g/mol. The zero-order valence-electron chi connectivity index (χ0n) is 15.1. The summed E-state index contributed by atoms with van der Waals surface area (Å²) in [6, 6.07) is 5.93. The number of hydrogen-bond acceptors (Lipinski definition) is 4. The van der Waals surface area contributed by atoms with Crippen LogP contribution in [0, 0.1) is 23.5 Å². The van der Waals surface area contributed by atoms with E-state index in [-0.39, 0.29) is 6.42 Å². The predicted octanol–water partition coefficient (Wildman–Crippen LogP) is 3.54. The SMILES string of the molecule is CC(C)(C#Cc1ccc(Br)c([C@H](N)Cc2cc(F)cc(F)c2)n1)S(C)(=O)=O. The molecule has 0 aliphatic rings. The minimum atomic E-state index is -3.36. The molecule has 0 saturated carbocycles. The lowest BCUT2D eigenvalue weighted by Gasteiger charge is -2.15. The fraction of sp³-hybridized carbons (Fsp3) is 0.316. The van der Waals surface area contributed by atoms with Crippen molar-refractivity contribution in [1.82, 2.24) is 4.98 Å². The van der Waals surface area contributed by atoms with Crippen LogP contribution >= 0.6 is 15.9 Å². The van der Waals surface area contributed by atoms with Crippen molar-refractivity contribution in [3.63, 3.8) is 0 Å². The fourth-order valence-electron chi connectivity index (χ4n) is 2.17. The highest BCUT2D eigenvalue weighted by atomic mass is 79.9. The average molecular weight is 457 g/mol. The van der Waals surface area contributed by atoms with Crippen LogP contribution in [-0.4, -0.2) is 24.4 Å². The van der Waals surface area contributed by atoms with Gasteiger partial charge in [-0.2, -0.15) is 0 Å². The highest BCUT2D eigenvalue weighted by Gasteiger charge is 2.27. The van der Waals surface area contributed by atoms with Crippen molar-refractivity contribution in [3.05, 3.63) is 63.4 Å². The highest BCUT2D eigenvalue weighted by Crippen LogP contribution is 2.24. The normalized spacial score (nSPS) is 13.0. The topological polar surface area (TPSA) is 73.0 Å². The van der Waals surface area contributed by atoms with Gasteiger partial charge in [0.1, 0.15) is 22.1 Å². The second-order valence-electron chi connectivity index (χ2n) is 6.68. The Morgan fingerprint density at radius 2 is 1.81 bits per heavy atom. The molecule has 0 saturated heterocycles. The first kappa shape index (κ1) is 21.5. The van der Waals surface area contributed by atoms with Crippen LogP contribution in [0.4, 0.5) is 8.78 Å². The van der Waals surface area contributed by atoms with Gasteiger partial charge in [-0.25, -0.2) is 22.2 Å². The second kappa shape index (κ2) is 8.05. The van der Waals surface area contributed by atoms with Gasteiger partial charge in [0.05, 0.1) is 11.7 Å². The van der Waals surface area contributed by atoms with Gasteiger partial charge < -0.3 is 5.73 Å². The minimum Gasteiger partial charge on any atom is -0.322 e. The Morgan fingerprint density at radius 1 is 1.22 bits per heavy atom. The van der Waals surface area contributed by atoms with Crippen molar-refractivity contribution in [2.24, 2.45) is 5.73 Å². The Kier molecular flexibility index (Phi) is 6.40. The van der Waals surface area contributed by atoms with E-state index in [1.165, 1.54) is 26.0 Å². The quantitative estimate of drug-likeness (QED) is 0.713. The molecule has 0 amide bonds. The first-order valence-corrected chi connectivity index (χ1v) is 10.7. The first-order chi connectivity index (χ1) is 12.4. The lowest BCUT2D eigenvalue weighted by Crippen LogP contribution is -2.28. The molecule has 2 N–H and O–H groups in total. The Labute approximate surface area is 166 Å². The molecule has 0 spiro atoms. The maximum Gasteiger partial charge on any atom is 0.163 e. The Hall–Kier alpha value is -1.82. The summed E-state index contributed by atoms with van der Waals surface area (Å²) in [5.41, 5.74) is 7.39. The third-order valence-electron chi connectivity index (χ3n) is 4.02. The third-order valence-corrected chi connectivity index (χ3v) is 6.65. The summed E-state index contributed by atoms with van der Waals surface area (Å²) < 4.78 is 49.6.